The van der Waals surface area contributed by atoms with E-state index in [1.807, 2.05) is 31.2 Å². The highest BCUT2D eigenvalue weighted by Gasteiger charge is 2.43. The van der Waals surface area contributed by atoms with Crippen LogP contribution in [0.15, 0.2) is 62.0 Å². The second-order valence-corrected chi connectivity index (χ2v) is 10.3. The Labute approximate surface area is 216 Å². The van der Waals surface area contributed by atoms with Crippen molar-refractivity contribution in [1.82, 2.24) is 5.32 Å². The average molecular weight is 556 g/mol. The number of allylic oxidation sites excluding steroid dienone is 3. The summed E-state index contributed by atoms with van der Waals surface area (Å²) in [6.07, 6.45) is 4.25. The highest BCUT2D eigenvalue weighted by atomic mass is 79.9. The van der Waals surface area contributed by atoms with Gasteiger partial charge in [0.1, 0.15) is 12.4 Å². The number of carbonyl (C=O) groups is 2. The topological polar surface area (TPSA) is 96.2 Å². The molecular formula is C27H26BrNO7. The van der Waals surface area contributed by atoms with Gasteiger partial charge in [-0.05, 0) is 56.0 Å². The maximum atomic E-state index is 13.7. The molecule has 1 aromatic carbocycles. The first-order valence-electron chi connectivity index (χ1n) is 12.1. The maximum Gasteiger partial charge on any atom is 0.336 e. The molecule has 1 N–H and O–H groups in total. The summed E-state index contributed by atoms with van der Waals surface area (Å²) in [5, 5.41) is 3.36. The quantitative estimate of drug-likeness (QED) is 0.523. The van der Waals surface area contributed by atoms with Crippen molar-refractivity contribution in [1.29, 1.82) is 0 Å². The zero-order chi connectivity index (χ0) is 24.8. The van der Waals surface area contributed by atoms with Crippen molar-refractivity contribution in [3.8, 4) is 11.5 Å². The molecule has 4 aliphatic rings. The molecule has 36 heavy (non-hydrogen) atoms. The zero-order valence-corrected chi connectivity index (χ0v) is 21.4. The summed E-state index contributed by atoms with van der Waals surface area (Å²) in [4.78, 5) is 27.2. The first-order chi connectivity index (χ1) is 17.5. The lowest BCUT2D eigenvalue weighted by Gasteiger charge is -2.36. The van der Waals surface area contributed by atoms with E-state index in [1.165, 1.54) is 0 Å². The number of dihydropyridines is 1. The maximum absolute atomic E-state index is 13.7. The molecule has 3 atom stereocenters. The molecule has 8 nitrogen and oxygen atoms in total. The van der Waals surface area contributed by atoms with Crippen LogP contribution >= 0.6 is 15.9 Å². The number of furan rings is 1. The molecule has 188 valence electrons. The first kappa shape index (κ1) is 23.4. The van der Waals surface area contributed by atoms with Crippen LogP contribution in [-0.4, -0.2) is 37.9 Å². The van der Waals surface area contributed by atoms with Crippen LogP contribution in [0, 0.1) is 0 Å². The van der Waals surface area contributed by atoms with E-state index in [4.69, 9.17) is 23.4 Å². The molecule has 2 aromatic rings. The van der Waals surface area contributed by atoms with Crippen LogP contribution in [-0.2, 0) is 19.1 Å². The van der Waals surface area contributed by atoms with Gasteiger partial charge in [-0.3, -0.25) is 4.79 Å². The van der Waals surface area contributed by atoms with Crippen LogP contribution in [0.5, 0.6) is 11.5 Å². The van der Waals surface area contributed by atoms with E-state index >= 15 is 0 Å². The number of benzene rings is 1. The molecule has 4 heterocycles. The first-order valence-corrected chi connectivity index (χ1v) is 12.9. The Morgan fingerprint density at radius 1 is 1.22 bits per heavy atom. The fourth-order valence-electron chi connectivity index (χ4n) is 5.52. The molecule has 1 fully saturated rings. The smallest absolute Gasteiger partial charge is 0.336 e. The van der Waals surface area contributed by atoms with Crippen molar-refractivity contribution >= 4 is 27.7 Å². The van der Waals surface area contributed by atoms with Gasteiger partial charge in [0.15, 0.2) is 17.3 Å². The third-order valence-corrected chi connectivity index (χ3v) is 7.91. The Morgan fingerprint density at radius 3 is 2.81 bits per heavy atom. The number of hydrogen-bond acceptors (Lipinski definition) is 8. The molecular weight excluding hydrogens is 530 g/mol. The molecule has 0 radical (unpaired) electrons. The Bertz CT molecular complexity index is 1270. The lowest BCUT2D eigenvalue weighted by Crippen LogP contribution is -2.36. The molecule has 0 saturated carbocycles. The van der Waals surface area contributed by atoms with Crippen LogP contribution in [0.25, 0.3) is 0 Å². The third-order valence-electron chi connectivity index (χ3n) is 7.22. The van der Waals surface area contributed by atoms with Gasteiger partial charge in [0.25, 0.3) is 0 Å². The summed E-state index contributed by atoms with van der Waals surface area (Å²) in [7, 11) is 0. The number of halogens is 1. The van der Waals surface area contributed by atoms with Crippen molar-refractivity contribution in [2.75, 3.05) is 20.0 Å². The van der Waals surface area contributed by atoms with Gasteiger partial charge in [-0.15, -0.1) is 0 Å². The molecule has 0 bridgehead atoms. The second-order valence-electron chi connectivity index (χ2n) is 9.49. The average Bonchev–Trinajstić information content (AvgIpc) is 3.64. The van der Waals surface area contributed by atoms with Crippen LogP contribution in [0.3, 0.4) is 0 Å². The van der Waals surface area contributed by atoms with Crippen LogP contribution in [0.4, 0.5) is 0 Å². The SMILES string of the molecule is CC1=C(C(=O)OC[C@H]2CCCO2)[C@@H](c2cc3c(cc2Br)OCO3)C2=C(C[C@@H](c3ccco3)CC2=O)N1. The number of ketones is 1. The van der Waals surface area contributed by atoms with E-state index < -0.39 is 11.9 Å². The van der Waals surface area contributed by atoms with Crippen LogP contribution in [0.1, 0.15) is 55.8 Å². The number of nitrogens with one attached hydrogen (secondary N) is 1. The van der Waals surface area contributed by atoms with Crippen LogP contribution < -0.4 is 14.8 Å². The minimum Gasteiger partial charge on any atom is -0.469 e. The molecule has 0 spiro atoms. The fourth-order valence-corrected chi connectivity index (χ4v) is 6.07. The third kappa shape index (κ3) is 4.14. The standard InChI is InChI=1S/C27H26BrNO7/c1-14-24(27(31)34-12-16-4-2-6-32-16)25(17-10-22-23(11-18(17)28)36-13-35-22)26-19(29-14)8-15(9-20(26)30)21-5-3-7-33-21/h3,5,7,10-11,15-16,25,29H,2,4,6,8-9,12-13H2,1H3/t15-,16-,25-/m1/s1. The van der Waals surface area contributed by atoms with E-state index in [1.54, 1.807) is 6.26 Å². The Kier molecular flexibility index (Phi) is 6.13. The normalized spacial score (nSPS) is 25.2. The van der Waals surface area contributed by atoms with Crippen molar-refractivity contribution in [2.24, 2.45) is 0 Å². The summed E-state index contributed by atoms with van der Waals surface area (Å²) < 4.78 is 28.9. The number of hydrogen-bond donors (Lipinski definition) is 1. The number of Topliss-reactive ketones (excluding diaryl/α,β-unsaturated/α-hetero) is 1. The van der Waals surface area contributed by atoms with Gasteiger partial charge in [-0.25, -0.2) is 4.79 Å². The van der Waals surface area contributed by atoms with Gasteiger partial charge >= 0.3 is 5.97 Å². The van der Waals surface area contributed by atoms with E-state index in [9.17, 15) is 9.59 Å². The molecule has 1 aromatic heterocycles. The van der Waals surface area contributed by atoms with Crippen molar-refractivity contribution in [2.45, 2.75) is 50.5 Å². The fraction of sp³-hybridized carbons (Fsp3) is 0.407. The summed E-state index contributed by atoms with van der Waals surface area (Å²) in [6, 6.07) is 7.40. The lowest BCUT2D eigenvalue weighted by atomic mass is 9.72. The van der Waals surface area contributed by atoms with Gasteiger partial charge in [0.05, 0.1) is 17.9 Å². The van der Waals surface area contributed by atoms with Crippen molar-refractivity contribution in [3.63, 3.8) is 0 Å². The van der Waals surface area contributed by atoms with Crippen LogP contribution in [0.2, 0.25) is 0 Å². The van der Waals surface area contributed by atoms with Crippen molar-refractivity contribution in [3.05, 3.63) is 68.9 Å². The van der Waals surface area contributed by atoms with Gasteiger partial charge < -0.3 is 28.7 Å². The molecule has 3 aliphatic heterocycles. The second kappa shape index (κ2) is 9.44. The monoisotopic (exact) mass is 555 g/mol. The largest absolute Gasteiger partial charge is 0.469 e. The van der Waals surface area contributed by atoms with Gasteiger partial charge in [0, 0.05) is 46.3 Å². The number of carbonyl (C=O) groups excluding carboxylic acids is 2. The Hall–Kier alpha value is -3.04. The highest BCUT2D eigenvalue weighted by molar-refractivity contribution is 9.10. The predicted molar refractivity (Wildman–Crippen MR) is 131 cm³/mol. The molecule has 0 amide bonds. The Balaban J connectivity index is 1.40. The van der Waals surface area contributed by atoms with Gasteiger partial charge in [-0.2, -0.15) is 0 Å². The molecule has 1 saturated heterocycles. The van der Waals surface area contributed by atoms with Crippen molar-refractivity contribution < 1.29 is 33.0 Å². The minimum atomic E-state index is -0.618. The number of fused-ring (bicyclic) bond motifs is 1. The highest BCUT2D eigenvalue weighted by Crippen LogP contribution is 2.49. The zero-order valence-electron chi connectivity index (χ0n) is 19.8. The summed E-state index contributed by atoms with van der Waals surface area (Å²) in [5.74, 6) is 0.794. The van der Waals surface area contributed by atoms with E-state index in [-0.39, 0.29) is 31.2 Å². The number of ether oxygens (including phenoxy) is 4. The Morgan fingerprint density at radius 2 is 2.06 bits per heavy atom. The molecule has 6 rings (SSSR count). The summed E-state index contributed by atoms with van der Waals surface area (Å²) in [5.41, 5.74) is 3.20. The molecule has 1 aliphatic carbocycles. The van der Waals surface area contributed by atoms with E-state index in [0.717, 1.165) is 34.3 Å². The minimum absolute atomic E-state index is 0.0309. The van der Waals surface area contributed by atoms with Gasteiger partial charge in [-0.1, -0.05) is 15.9 Å². The number of rotatable bonds is 5. The van der Waals surface area contributed by atoms with E-state index in [2.05, 4.69) is 21.2 Å². The van der Waals surface area contributed by atoms with E-state index in [0.29, 0.717) is 47.8 Å². The van der Waals surface area contributed by atoms with Gasteiger partial charge in [0.2, 0.25) is 6.79 Å². The summed E-state index contributed by atoms with van der Waals surface area (Å²) >= 11 is 3.66. The summed E-state index contributed by atoms with van der Waals surface area (Å²) in [6.45, 7) is 2.84. The molecule has 9 heteroatoms. The molecule has 0 unspecified atom stereocenters. The lowest BCUT2D eigenvalue weighted by molar-refractivity contribution is -0.142. The predicted octanol–water partition coefficient (Wildman–Crippen LogP) is 4.85. The number of esters is 1.